The van der Waals surface area contributed by atoms with Crippen LogP contribution in [0.2, 0.25) is 0 Å². The van der Waals surface area contributed by atoms with Gasteiger partial charge in [-0.2, -0.15) is 5.26 Å². The number of ether oxygens (including phenoxy) is 2. The summed E-state index contributed by atoms with van der Waals surface area (Å²) in [6, 6.07) is 41.2. The number of aromatic nitrogens is 1. The van der Waals surface area contributed by atoms with Gasteiger partial charge in [-0.1, -0.05) is 97.1 Å². The summed E-state index contributed by atoms with van der Waals surface area (Å²) in [6.07, 6.45) is 1.68. The number of nitrogens with zero attached hydrogens (tertiary/aromatic N) is 2. The van der Waals surface area contributed by atoms with Crippen molar-refractivity contribution in [1.29, 1.82) is 5.26 Å². The molecule has 0 aliphatic carbocycles. The number of hydrogen-bond acceptors (Lipinski definition) is 6. The molecule has 1 heterocycles. The molecule has 0 bridgehead atoms. The number of hydrogen-bond donors (Lipinski definition) is 1. The molecule has 0 saturated heterocycles. The van der Waals surface area contributed by atoms with Crippen LogP contribution < -0.4 is 29.5 Å². The largest absolute Gasteiger partial charge is 0.485 e. The molecule has 7 nitrogen and oxygen atoms in total. The Labute approximate surface area is 279 Å². The third kappa shape index (κ3) is 7.41. The Balaban J connectivity index is 1.43. The van der Waals surface area contributed by atoms with Crippen molar-refractivity contribution in [2.75, 3.05) is 5.32 Å². The predicted molar refractivity (Wildman–Crippen MR) is 185 cm³/mol. The number of carbonyl (C=O) groups is 1. The summed E-state index contributed by atoms with van der Waals surface area (Å²) in [5.74, 6) is -0.468. The van der Waals surface area contributed by atoms with Gasteiger partial charge in [0.25, 0.3) is 11.5 Å². The minimum Gasteiger partial charge on any atom is -0.485 e. The van der Waals surface area contributed by atoms with Gasteiger partial charge in [-0.05, 0) is 59.2 Å². The maximum absolute atomic E-state index is 14.3. The average molecular weight is 654 g/mol. The highest BCUT2D eigenvalue weighted by Gasteiger charge is 2.18. The highest BCUT2D eigenvalue weighted by atomic mass is 32.1. The van der Waals surface area contributed by atoms with Gasteiger partial charge in [0.05, 0.1) is 15.9 Å². The highest BCUT2D eigenvalue weighted by molar-refractivity contribution is 7.07. The van der Waals surface area contributed by atoms with Crippen molar-refractivity contribution in [3.8, 4) is 23.3 Å². The monoisotopic (exact) mass is 653 g/mol. The first-order valence-corrected chi connectivity index (χ1v) is 15.8. The van der Waals surface area contributed by atoms with Crippen LogP contribution in [0.25, 0.3) is 17.3 Å². The fourth-order valence-corrected chi connectivity index (χ4v) is 5.98. The number of anilines is 1. The maximum Gasteiger partial charge on any atom is 0.273 e. The molecule has 236 valence electrons. The number of rotatable bonds is 10. The lowest BCUT2D eigenvalue weighted by Crippen LogP contribution is -2.32. The smallest absolute Gasteiger partial charge is 0.273 e. The van der Waals surface area contributed by atoms with Gasteiger partial charge in [-0.25, -0.2) is 4.39 Å². The third-order valence-corrected chi connectivity index (χ3v) is 8.35. The fraction of sp³-hybridized carbons (Fsp3) is 0.0513. The van der Waals surface area contributed by atoms with E-state index in [2.05, 4.69) is 5.32 Å². The zero-order valence-electron chi connectivity index (χ0n) is 25.5. The Morgan fingerprint density at radius 3 is 2.00 bits per heavy atom. The predicted octanol–water partition coefficient (Wildman–Crippen LogP) is 6.34. The molecular formula is C39H28FN3O4S. The molecule has 0 radical (unpaired) electrons. The molecule has 1 aromatic heterocycles. The molecule has 0 aliphatic heterocycles. The number of halogens is 1. The molecule has 6 aromatic rings. The average Bonchev–Trinajstić information content (AvgIpc) is 3.43. The first kappa shape index (κ1) is 31.7. The molecule has 9 heteroatoms. The molecule has 6 rings (SSSR count). The molecule has 0 unspecified atom stereocenters. The van der Waals surface area contributed by atoms with Crippen LogP contribution in [0.15, 0.2) is 138 Å². The zero-order chi connectivity index (χ0) is 33.3. The van der Waals surface area contributed by atoms with Crippen molar-refractivity contribution in [3.63, 3.8) is 0 Å². The van der Waals surface area contributed by atoms with Crippen LogP contribution in [-0.4, -0.2) is 10.5 Å². The van der Waals surface area contributed by atoms with Gasteiger partial charge in [0.1, 0.15) is 29.8 Å². The highest BCUT2D eigenvalue weighted by Crippen LogP contribution is 2.30. The van der Waals surface area contributed by atoms with E-state index in [-0.39, 0.29) is 20.5 Å². The van der Waals surface area contributed by atoms with Crippen molar-refractivity contribution < 1.29 is 18.7 Å². The Morgan fingerprint density at radius 2 is 1.38 bits per heavy atom. The van der Waals surface area contributed by atoms with Crippen molar-refractivity contribution in [2.24, 2.45) is 0 Å². The standard InChI is InChI=1S/C39H28FN3O4S/c40-32-18-10-11-19-33(32)42-37(44)31(24-41)39-43(30-16-8-3-9-17-30)38(45)36(48-39)23-29-20-21-34(46-25-27-12-4-1-5-13-27)35(22-29)47-26-28-14-6-2-7-15-28/h1-23H,25-26H2,(H,42,44). The topological polar surface area (TPSA) is 93.4 Å². The first-order chi connectivity index (χ1) is 23.5. The van der Waals surface area contributed by atoms with Crippen molar-refractivity contribution >= 4 is 34.6 Å². The van der Waals surface area contributed by atoms with Gasteiger partial charge in [0.2, 0.25) is 0 Å². The molecule has 0 fully saturated rings. The molecule has 0 aliphatic rings. The molecular weight excluding hydrogens is 626 g/mol. The van der Waals surface area contributed by atoms with Crippen LogP contribution >= 0.6 is 11.3 Å². The van der Waals surface area contributed by atoms with Gasteiger partial charge in [0, 0.05) is 0 Å². The number of carbonyl (C=O) groups excluding carboxylic acids is 1. The van der Waals surface area contributed by atoms with Gasteiger partial charge < -0.3 is 14.8 Å². The number of thiazole rings is 1. The lowest BCUT2D eigenvalue weighted by atomic mass is 10.2. The summed E-state index contributed by atoms with van der Waals surface area (Å²) in [6.45, 7) is 0.636. The van der Waals surface area contributed by atoms with E-state index in [1.165, 1.54) is 22.8 Å². The van der Waals surface area contributed by atoms with Crippen molar-refractivity contribution in [2.45, 2.75) is 13.2 Å². The maximum atomic E-state index is 14.3. The van der Waals surface area contributed by atoms with E-state index in [1.54, 1.807) is 60.7 Å². The minimum absolute atomic E-state index is 0.0789. The molecule has 1 N–H and O–H groups in total. The Kier molecular flexibility index (Phi) is 9.85. The molecule has 0 saturated carbocycles. The second-order valence-corrected chi connectivity index (χ2v) is 11.6. The van der Waals surface area contributed by atoms with Crippen LogP contribution in [0.1, 0.15) is 16.7 Å². The summed E-state index contributed by atoms with van der Waals surface area (Å²) in [7, 11) is 0. The van der Waals surface area contributed by atoms with E-state index in [4.69, 9.17) is 9.47 Å². The van der Waals surface area contributed by atoms with Crippen LogP contribution in [0.4, 0.5) is 10.1 Å². The van der Waals surface area contributed by atoms with Crippen molar-refractivity contribution in [3.05, 3.63) is 176 Å². The third-order valence-electron chi connectivity index (χ3n) is 7.25. The normalized spacial score (nSPS) is 11.8. The summed E-state index contributed by atoms with van der Waals surface area (Å²) in [4.78, 5) is 27.3. The van der Waals surface area contributed by atoms with E-state index in [9.17, 15) is 19.2 Å². The van der Waals surface area contributed by atoms with E-state index in [0.29, 0.717) is 36.0 Å². The van der Waals surface area contributed by atoms with Crippen LogP contribution in [-0.2, 0) is 18.0 Å². The molecule has 48 heavy (non-hydrogen) atoms. The van der Waals surface area contributed by atoms with E-state index < -0.39 is 17.3 Å². The first-order valence-electron chi connectivity index (χ1n) is 15.0. The fourth-order valence-electron chi connectivity index (χ4n) is 4.87. The second-order valence-electron chi connectivity index (χ2n) is 10.6. The second kappa shape index (κ2) is 14.9. The van der Waals surface area contributed by atoms with E-state index in [1.807, 2.05) is 66.7 Å². The Bertz CT molecular complexity index is 2280. The van der Waals surface area contributed by atoms with Crippen LogP contribution in [0, 0.1) is 17.1 Å². The molecule has 0 atom stereocenters. The number of para-hydroxylation sites is 2. The summed E-state index contributed by atoms with van der Waals surface area (Å²) < 4.78 is 28.4. The zero-order valence-corrected chi connectivity index (χ0v) is 26.3. The summed E-state index contributed by atoms with van der Waals surface area (Å²) >= 11 is 0.988. The quantitative estimate of drug-likeness (QED) is 0.186. The Hall–Kier alpha value is -6.24. The van der Waals surface area contributed by atoms with Crippen LogP contribution in [0.5, 0.6) is 11.5 Å². The van der Waals surface area contributed by atoms with Gasteiger partial charge in [-0.3, -0.25) is 14.2 Å². The van der Waals surface area contributed by atoms with E-state index in [0.717, 1.165) is 22.5 Å². The summed E-state index contributed by atoms with van der Waals surface area (Å²) in [5.41, 5.74) is 2.25. The number of nitriles is 1. The lowest BCUT2D eigenvalue weighted by Gasteiger charge is -2.14. The molecule has 1 amide bonds. The number of benzene rings is 5. The number of amides is 1. The Morgan fingerprint density at radius 1 is 0.792 bits per heavy atom. The molecule has 0 spiro atoms. The SMILES string of the molecule is N#CC(C(=O)Nc1ccccc1F)=c1sc(=Cc2ccc(OCc3ccccc3)c(OCc3ccccc3)c2)c(=O)n1-c1ccccc1. The molecule has 5 aromatic carbocycles. The van der Waals surface area contributed by atoms with Crippen LogP contribution in [0.3, 0.4) is 0 Å². The summed E-state index contributed by atoms with van der Waals surface area (Å²) in [5, 5.41) is 12.6. The van der Waals surface area contributed by atoms with Gasteiger partial charge in [-0.15, -0.1) is 11.3 Å². The van der Waals surface area contributed by atoms with E-state index >= 15 is 0 Å². The van der Waals surface area contributed by atoms with Gasteiger partial charge in [0.15, 0.2) is 17.1 Å². The van der Waals surface area contributed by atoms with Gasteiger partial charge >= 0.3 is 0 Å². The minimum atomic E-state index is -0.836. The number of nitrogens with one attached hydrogen (secondary N) is 1. The van der Waals surface area contributed by atoms with Crippen molar-refractivity contribution in [1.82, 2.24) is 4.57 Å². The lowest BCUT2D eigenvalue weighted by molar-refractivity contribution is -0.111.